The fourth-order valence-electron chi connectivity index (χ4n) is 2.23. The number of carbonyl (C=O) groups is 1. The summed E-state index contributed by atoms with van der Waals surface area (Å²) in [6, 6.07) is 15.8. The lowest BCUT2D eigenvalue weighted by atomic mass is 10.2. The average molecular weight is 363 g/mol. The van der Waals surface area contributed by atoms with Gasteiger partial charge in [-0.15, -0.1) is 11.3 Å². The summed E-state index contributed by atoms with van der Waals surface area (Å²) in [5.41, 5.74) is 2.28. The Morgan fingerprint density at radius 2 is 2.00 bits per heavy atom. The van der Waals surface area contributed by atoms with Gasteiger partial charge in [-0.2, -0.15) is 5.26 Å². The maximum atomic E-state index is 11.1. The van der Waals surface area contributed by atoms with E-state index in [0.717, 1.165) is 11.3 Å². The van der Waals surface area contributed by atoms with E-state index in [1.807, 2.05) is 35.7 Å². The van der Waals surface area contributed by atoms with Crippen LogP contribution >= 0.6 is 11.3 Å². The van der Waals surface area contributed by atoms with Crippen molar-refractivity contribution in [2.75, 3.05) is 5.32 Å². The molecule has 0 amide bonds. The maximum absolute atomic E-state index is 11.1. The highest BCUT2D eigenvalue weighted by Gasteiger charge is 2.11. The van der Waals surface area contributed by atoms with Crippen LogP contribution in [0.4, 0.5) is 5.69 Å². The Morgan fingerprint density at radius 3 is 2.69 bits per heavy atom. The standard InChI is InChI=1S/C19H13N3O3S/c20-9-13(10-21-14-6-7-17(23)15(8-14)19(24)25)18-22-16(11-26-18)12-4-2-1-3-5-12/h1-8,10-11,21,23H,(H,24,25)/b13-10+. The number of rotatable bonds is 5. The molecule has 0 saturated carbocycles. The molecule has 3 rings (SSSR count). The van der Waals surface area contributed by atoms with Gasteiger partial charge in [0.05, 0.1) is 5.69 Å². The second kappa shape index (κ2) is 7.51. The molecule has 0 aliphatic heterocycles. The lowest BCUT2D eigenvalue weighted by molar-refractivity contribution is 0.0694. The van der Waals surface area contributed by atoms with Crippen molar-refractivity contribution in [2.45, 2.75) is 0 Å². The second-order valence-corrected chi connectivity index (χ2v) is 6.11. The first-order valence-electron chi connectivity index (χ1n) is 7.53. The van der Waals surface area contributed by atoms with Crippen molar-refractivity contribution in [2.24, 2.45) is 0 Å². The van der Waals surface area contributed by atoms with Crippen LogP contribution in [-0.4, -0.2) is 21.2 Å². The van der Waals surface area contributed by atoms with Crippen molar-refractivity contribution in [3.63, 3.8) is 0 Å². The first-order chi connectivity index (χ1) is 12.6. The molecule has 0 bridgehead atoms. The summed E-state index contributed by atoms with van der Waals surface area (Å²) in [5, 5.41) is 33.3. The number of carboxylic acid groups (broad SMARTS) is 1. The molecule has 6 nitrogen and oxygen atoms in total. The van der Waals surface area contributed by atoms with Crippen LogP contribution in [0.1, 0.15) is 15.4 Å². The third-order valence-electron chi connectivity index (χ3n) is 3.53. The Labute approximate surface area is 153 Å². The molecule has 0 radical (unpaired) electrons. The van der Waals surface area contributed by atoms with Gasteiger partial charge in [-0.3, -0.25) is 0 Å². The molecule has 0 spiro atoms. The van der Waals surface area contributed by atoms with Crippen LogP contribution in [0, 0.1) is 11.3 Å². The molecule has 3 N–H and O–H groups in total. The smallest absolute Gasteiger partial charge is 0.339 e. The van der Waals surface area contributed by atoms with Gasteiger partial charge in [-0.05, 0) is 18.2 Å². The molecule has 0 saturated heterocycles. The molecule has 3 aromatic rings. The first kappa shape index (κ1) is 17.2. The van der Waals surface area contributed by atoms with E-state index in [1.54, 1.807) is 0 Å². The van der Waals surface area contributed by atoms with Crippen molar-refractivity contribution in [1.82, 2.24) is 4.98 Å². The molecule has 0 unspecified atom stereocenters. The van der Waals surface area contributed by atoms with E-state index in [1.165, 1.54) is 35.7 Å². The average Bonchev–Trinajstić information content (AvgIpc) is 3.14. The van der Waals surface area contributed by atoms with E-state index in [-0.39, 0.29) is 11.3 Å². The van der Waals surface area contributed by atoms with Gasteiger partial charge in [-0.1, -0.05) is 30.3 Å². The van der Waals surface area contributed by atoms with Crippen molar-refractivity contribution in [1.29, 1.82) is 5.26 Å². The third-order valence-corrected chi connectivity index (χ3v) is 4.41. The predicted octanol–water partition coefficient (Wildman–Crippen LogP) is 4.19. The molecule has 2 aromatic carbocycles. The van der Waals surface area contributed by atoms with Crippen LogP contribution in [0.5, 0.6) is 5.75 Å². The molecular formula is C19H13N3O3S. The van der Waals surface area contributed by atoms with Crippen LogP contribution in [0.25, 0.3) is 16.8 Å². The lowest BCUT2D eigenvalue weighted by Crippen LogP contribution is -1.98. The van der Waals surface area contributed by atoms with Gasteiger partial charge >= 0.3 is 5.97 Å². The molecule has 0 fully saturated rings. The van der Waals surface area contributed by atoms with Gasteiger partial charge in [0.25, 0.3) is 0 Å². The second-order valence-electron chi connectivity index (χ2n) is 5.26. The highest BCUT2D eigenvalue weighted by Crippen LogP contribution is 2.26. The monoisotopic (exact) mass is 363 g/mol. The summed E-state index contributed by atoms with van der Waals surface area (Å²) in [7, 11) is 0. The number of allylic oxidation sites excluding steroid dienone is 1. The van der Waals surface area contributed by atoms with Gasteiger partial charge < -0.3 is 15.5 Å². The number of thiazole rings is 1. The first-order valence-corrected chi connectivity index (χ1v) is 8.41. The fourth-order valence-corrected chi connectivity index (χ4v) is 3.03. The fraction of sp³-hybridized carbons (Fsp3) is 0. The van der Waals surface area contributed by atoms with Gasteiger partial charge in [0, 0.05) is 22.8 Å². The van der Waals surface area contributed by atoms with E-state index in [9.17, 15) is 15.2 Å². The Kier molecular flexibility index (Phi) is 4.97. The molecule has 128 valence electrons. The zero-order valence-corrected chi connectivity index (χ0v) is 14.2. The van der Waals surface area contributed by atoms with E-state index in [2.05, 4.69) is 16.4 Å². The Hall–Kier alpha value is -3.63. The summed E-state index contributed by atoms with van der Waals surface area (Å²) in [5.74, 6) is -1.55. The molecule has 0 aliphatic carbocycles. The lowest BCUT2D eigenvalue weighted by Gasteiger charge is -2.04. The SMILES string of the molecule is N#C/C(=C\Nc1ccc(O)c(C(=O)O)c1)c1nc(-c2ccccc2)cs1. The third kappa shape index (κ3) is 3.71. The number of nitrogens with zero attached hydrogens (tertiary/aromatic N) is 2. The number of aromatic hydroxyl groups is 1. The molecule has 0 atom stereocenters. The van der Waals surface area contributed by atoms with Crippen LogP contribution in [-0.2, 0) is 0 Å². The number of phenols is 1. The summed E-state index contributed by atoms with van der Waals surface area (Å²) in [6.07, 6.45) is 1.46. The zero-order valence-electron chi connectivity index (χ0n) is 13.4. The number of benzene rings is 2. The maximum Gasteiger partial charge on any atom is 0.339 e. The summed E-state index contributed by atoms with van der Waals surface area (Å²) < 4.78 is 0. The molecule has 1 aromatic heterocycles. The number of anilines is 1. The predicted molar refractivity (Wildman–Crippen MR) is 99.8 cm³/mol. The number of hydrogen-bond acceptors (Lipinski definition) is 6. The number of nitriles is 1. The Balaban J connectivity index is 1.84. The van der Waals surface area contributed by atoms with Crippen molar-refractivity contribution in [3.05, 3.63) is 70.7 Å². The highest BCUT2D eigenvalue weighted by molar-refractivity contribution is 7.11. The highest BCUT2D eigenvalue weighted by atomic mass is 32.1. The normalized spacial score (nSPS) is 11.0. The van der Waals surface area contributed by atoms with Crippen LogP contribution in [0.15, 0.2) is 60.1 Å². The summed E-state index contributed by atoms with van der Waals surface area (Å²) >= 11 is 1.35. The van der Waals surface area contributed by atoms with E-state index < -0.39 is 5.97 Å². The minimum atomic E-state index is -1.23. The molecule has 0 aliphatic rings. The van der Waals surface area contributed by atoms with E-state index in [0.29, 0.717) is 16.3 Å². The quantitative estimate of drug-likeness (QED) is 0.463. The Bertz CT molecular complexity index is 1020. The topological polar surface area (TPSA) is 106 Å². The van der Waals surface area contributed by atoms with Crippen LogP contribution in [0.3, 0.4) is 0 Å². The molecule has 7 heteroatoms. The number of nitrogens with one attached hydrogen (secondary N) is 1. The van der Waals surface area contributed by atoms with E-state index >= 15 is 0 Å². The van der Waals surface area contributed by atoms with Crippen LogP contribution in [0.2, 0.25) is 0 Å². The number of carboxylic acids is 1. The van der Waals surface area contributed by atoms with E-state index in [4.69, 9.17) is 5.11 Å². The summed E-state index contributed by atoms with van der Waals surface area (Å²) in [6.45, 7) is 0. The zero-order chi connectivity index (χ0) is 18.5. The number of aromatic carboxylic acids is 1. The number of aromatic nitrogens is 1. The van der Waals surface area contributed by atoms with Crippen molar-refractivity contribution >= 4 is 28.6 Å². The minimum absolute atomic E-state index is 0.220. The van der Waals surface area contributed by atoms with Gasteiger partial charge in [0.2, 0.25) is 0 Å². The molecular weight excluding hydrogens is 350 g/mol. The molecule has 1 heterocycles. The number of hydrogen-bond donors (Lipinski definition) is 3. The molecule has 26 heavy (non-hydrogen) atoms. The van der Waals surface area contributed by atoms with Gasteiger partial charge in [-0.25, -0.2) is 9.78 Å². The van der Waals surface area contributed by atoms with Gasteiger partial charge in [0.1, 0.15) is 28.0 Å². The minimum Gasteiger partial charge on any atom is -0.507 e. The Morgan fingerprint density at radius 1 is 1.23 bits per heavy atom. The van der Waals surface area contributed by atoms with Gasteiger partial charge in [0.15, 0.2) is 0 Å². The van der Waals surface area contributed by atoms with Crippen molar-refractivity contribution in [3.8, 4) is 23.1 Å². The largest absolute Gasteiger partial charge is 0.507 e. The van der Waals surface area contributed by atoms with Crippen LogP contribution < -0.4 is 5.32 Å². The summed E-state index contributed by atoms with van der Waals surface area (Å²) in [4.78, 5) is 15.5. The van der Waals surface area contributed by atoms with Crippen molar-refractivity contribution < 1.29 is 15.0 Å².